The maximum Gasteiger partial charge on any atom is 0.268 e. The Balaban J connectivity index is 1.65. The molecule has 1 amide bonds. The number of carbonyl (C=O) groups excluding carboxylic acids is 1. The van der Waals surface area contributed by atoms with Gasteiger partial charge in [0.2, 0.25) is 0 Å². The summed E-state index contributed by atoms with van der Waals surface area (Å²) >= 11 is 11.3. The third kappa shape index (κ3) is 4.10. The lowest BCUT2D eigenvalue weighted by Crippen LogP contribution is -2.25. The minimum atomic E-state index is -0.0830. The van der Waals surface area contributed by atoms with Gasteiger partial charge in [0.15, 0.2) is 0 Å². The zero-order chi connectivity index (χ0) is 18.8. The molecule has 4 aromatic rings. The largest absolute Gasteiger partial charge is 0.347 e. The van der Waals surface area contributed by atoms with E-state index in [2.05, 4.69) is 27.3 Å². The average molecular weight is 460 g/mol. The molecular formula is C21H16BrClN2OS. The standard InChI is InChI=1S/C21H16BrClN2OS/c22-20-11-17-19(27-20)10-18(21(26)24-12-14-5-2-1-3-6-14)25(17)13-15-7-4-8-16(23)9-15/h1-11H,12-13H2,(H,24,26). The van der Waals surface area contributed by atoms with Gasteiger partial charge in [0, 0.05) is 18.1 Å². The molecule has 0 unspecified atom stereocenters. The second-order valence-electron chi connectivity index (χ2n) is 6.21. The van der Waals surface area contributed by atoms with Crippen LogP contribution in [-0.2, 0) is 13.1 Å². The first-order valence-electron chi connectivity index (χ1n) is 8.45. The first kappa shape index (κ1) is 18.3. The monoisotopic (exact) mass is 458 g/mol. The lowest BCUT2D eigenvalue weighted by Gasteiger charge is -2.11. The van der Waals surface area contributed by atoms with Crippen LogP contribution >= 0.6 is 38.9 Å². The molecule has 1 N–H and O–H groups in total. The molecule has 136 valence electrons. The molecule has 3 nitrogen and oxygen atoms in total. The van der Waals surface area contributed by atoms with Gasteiger partial charge in [-0.05, 0) is 51.3 Å². The number of amides is 1. The Bertz CT molecular complexity index is 1100. The van der Waals surface area contributed by atoms with Crippen molar-refractivity contribution in [2.24, 2.45) is 0 Å². The molecule has 0 saturated heterocycles. The van der Waals surface area contributed by atoms with Crippen LogP contribution in [0.15, 0.2) is 70.5 Å². The molecule has 0 aliphatic heterocycles. The summed E-state index contributed by atoms with van der Waals surface area (Å²) in [6, 6.07) is 21.6. The van der Waals surface area contributed by atoms with Crippen molar-refractivity contribution in [2.45, 2.75) is 13.1 Å². The Morgan fingerprint density at radius 2 is 1.81 bits per heavy atom. The van der Waals surface area contributed by atoms with Crippen LogP contribution in [-0.4, -0.2) is 10.5 Å². The Kier molecular flexibility index (Phi) is 5.34. The fraction of sp³-hybridized carbons (Fsp3) is 0.0952. The van der Waals surface area contributed by atoms with Gasteiger partial charge >= 0.3 is 0 Å². The van der Waals surface area contributed by atoms with Gasteiger partial charge in [0.05, 0.1) is 14.0 Å². The predicted molar refractivity (Wildman–Crippen MR) is 116 cm³/mol. The molecule has 27 heavy (non-hydrogen) atoms. The van der Waals surface area contributed by atoms with Crippen molar-refractivity contribution in [1.29, 1.82) is 0 Å². The SMILES string of the molecule is O=C(NCc1ccccc1)c1cc2sc(Br)cc2n1Cc1cccc(Cl)c1. The van der Waals surface area contributed by atoms with Gasteiger partial charge in [-0.15, -0.1) is 11.3 Å². The molecule has 0 fully saturated rings. The highest BCUT2D eigenvalue weighted by atomic mass is 79.9. The zero-order valence-corrected chi connectivity index (χ0v) is 17.4. The highest BCUT2D eigenvalue weighted by molar-refractivity contribution is 9.11. The minimum absolute atomic E-state index is 0.0830. The van der Waals surface area contributed by atoms with E-state index >= 15 is 0 Å². The number of rotatable bonds is 5. The van der Waals surface area contributed by atoms with Gasteiger partial charge in [-0.1, -0.05) is 54.1 Å². The Hall–Kier alpha value is -2.08. The Morgan fingerprint density at radius 1 is 1.04 bits per heavy atom. The Morgan fingerprint density at radius 3 is 2.59 bits per heavy atom. The minimum Gasteiger partial charge on any atom is -0.347 e. The van der Waals surface area contributed by atoms with E-state index in [1.807, 2.05) is 65.2 Å². The van der Waals surface area contributed by atoms with Gasteiger partial charge < -0.3 is 9.88 Å². The molecule has 6 heteroatoms. The van der Waals surface area contributed by atoms with Crippen LogP contribution < -0.4 is 5.32 Å². The molecule has 2 heterocycles. The smallest absolute Gasteiger partial charge is 0.268 e. The molecule has 0 bridgehead atoms. The summed E-state index contributed by atoms with van der Waals surface area (Å²) in [6.45, 7) is 1.08. The maximum absolute atomic E-state index is 12.9. The number of halogens is 2. The van der Waals surface area contributed by atoms with Gasteiger partial charge in [-0.3, -0.25) is 4.79 Å². The number of nitrogens with one attached hydrogen (secondary N) is 1. The predicted octanol–water partition coefficient (Wildman–Crippen LogP) is 6.10. The van der Waals surface area contributed by atoms with Crippen LogP contribution in [0.1, 0.15) is 21.6 Å². The van der Waals surface area contributed by atoms with Crippen LogP contribution in [0.3, 0.4) is 0 Å². The molecule has 2 aromatic carbocycles. The summed E-state index contributed by atoms with van der Waals surface area (Å²) in [5, 5.41) is 3.72. The van der Waals surface area contributed by atoms with E-state index in [-0.39, 0.29) is 5.91 Å². The molecule has 0 aliphatic carbocycles. The number of benzene rings is 2. The molecule has 0 atom stereocenters. The van der Waals surface area contributed by atoms with Crippen LogP contribution in [0.2, 0.25) is 5.02 Å². The summed E-state index contributed by atoms with van der Waals surface area (Å²) in [7, 11) is 0. The second-order valence-corrected chi connectivity index (χ2v) is 9.11. The topological polar surface area (TPSA) is 34.0 Å². The number of carbonyl (C=O) groups is 1. The number of hydrogen-bond acceptors (Lipinski definition) is 2. The number of nitrogens with zero attached hydrogens (tertiary/aromatic N) is 1. The molecule has 0 radical (unpaired) electrons. The lowest BCUT2D eigenvalue weighted by atomic mass is 10.2. The number of hydrogen-bond donors (Lipinski definition) is 1. The van der Waals surface area contributed by atoms with Gasteiger partial charge in [0.1, 0.15) is 5.69 Å². The first-order valence-corrected chi connectivity index (χ1v) is 10.4. The lowest BCUT2D eigenvalue weighted by molar-refractivity contribution is 0.0942. The van der Waals surface area contributed by atoms with E-state index in [1.165, 1.54) is 0 Å². The number of fused-ring (bicyclic) bond motifs is 1. The summed E-state index contributed by atoms with van der Waals surface area (Å²) < 4.78 is 4.17. The number of thiophene rings is 1. The van der Waals surface area contributed by atoms with Crippen molar-refractivity contribution in [3.05, 3.63) is 92.4 Å². The average Bonchev–Trinajstić information content (AvgIpc) is 3.18. The molecule has 0 aliphatic rings. The van der Waals surface area contributed by atoms with E-state index in [0.29, 0.717) is 23.8 Å². The van der Waals surface area contributed by atoms with Gasteiger partial charge in [0.25, 0.3) is 5.91 Å². The molecule has 2 aromatic heterocycles. The van der Waals surface area contributed by atoms with E-state index in [0.717, 1.165) is 25.1 Å². The quantitative estimate of drug-likeness (QED) is 0.384. The van der Waals surface area contributed by atoms with E-state index in [9.17, 15) is 4.79 Å². The normalized spacial score (nSPS) is 11.0. The summed E-state index contributed by atoms with van der Waals surface area (Å²) in [5.41, 5.74) is 3.82. The highest BCUT2D eigenvalue weighted by Crippen LogP contribution is 2.33. The molecular weight excluding hydrogens is 444 g/mol. The van der Waals surface area contributed by atoms with Crippen molar-refractivity contribution < 1.29 is 4.79 Å². The third-order valence-corrected chi connectivity index (χ3v) is 6.13. The van der Waals surface area contributed by atoms with E-state index < -0.39 is 0 Å². The highest BCUT2D eigenvalue weighted by Gasteiger charge is 2.18. The van der Waals surface area contributed by atoms with Crippen molar-refractivity contribution in [2.75, 3.05) is 0 Å². The van der Waals surface area contributed by atoms with Crippen molar-refractivity contribution in [1.82, 2.24) is 9.88 Å². The van der Waals surface area contributed by atoms with Gasteiger partial charge in [-0.25, -0.2) is 0 Å². The Labute approximate surface area is 174 Å². The van der Waals surface area contributed by atoms with Crippen LogP contribution in [0.25, 0.3) is 10.2 Å². The maximum atomic E-state index is 12.9. The first-order chi connectivity index (χ1) is 13.1. The summed E-state index contributed by atoms with van der Waals surface area (Å²) in [4.78, 5) is 12.9. The van der Waals surface area contributed by atoms with Crippen LogP contribution in [0.5, 0.6) is 0 Å². The fourth-order valence-electron chi connectivity index (χ4n) is 3.06. The van der Waals surface area contributed by atoms with Gasteiger partial charge in [-0.2, -0.15) is 0 Å². The molecule has 0 saturated carbocycles. The third-order valence-electron chi connectivity index (χ3n) is 4.32. The van der Waals surface area contributed by atoms with E-state index in [4.69, 9.17) is 11.6 Å². The van der Waals surface area contributed by atoms with Crippen molar-refractivity contribution in [3.63, 3.8) is 0 Å². The van der Waals surface area contributed by atoms with Crippen LogP contribution in [0.4, 0.5) is 0 Å². The molecule has 0 spiro atoms. The number of aromatic nitrogens is 1. The fourth-order valence-corrected chi connectivity index (χ4v) is 4.83. The molecule has 4 rings (SSSR count). The van der Waals surface area contributed by atoms with Crippen molar-refractivity contribution in [3.8, 4) is 0 Å². The second kappa shape index (κ2) is 7.89. The zero-order valence-electron chi connectivity index (χ0n) is 14.3. The summed E-state index contributed by atoms with van der Waals surface area (Å²) in [5.74, 6) is -0.0830. The van der Waals surface area contributed by atoms with E-state index in [1.54, 1.807) is 11.3 Å². The van der Waals surface area contributed by atoms with Crippen molar-refractivity contribution >= 4 is 55.0 Å². The van der Waals surface area contributed by atoms with Crippen LogP contribution in [0, 0.1) is 0 Å². The summed E-state index contributed by atoms with van der Waals surface area (Å²) in [6.07, 6.45) is 0.